The fraction of sp³-hybridized carbons (Fsp3) is 0.200. The SMILES string of the molecule is O=C1CC(C(=O)O)=CN=N1. The van der Waals surface area contributed by atoms with Crippen molar-refractivity contribution in [3.05, 3.63) is 11.8 Å². The summed E-state index contributed by atoms with van der Waals surface area (Å²) in [6.45, 7) is 0. The largest absolute Gasteiger partial charge is 0.478 e. The molecule has 0 saturated carbocycles. The molecule has 52 valence electrons. The fourth-order valence-corrected chi connectivity index (χ4v) is 0.538. The molecular formula is C5H4N2O3. The molecule has 0 fully saturated rings. The normalized spacial score (nSPS) is 16.8. The molecule has 0 aromatic carbocycles. The monoisotopic (exact) mass is 140 g/mol. The van der Waals surface area contributed by atoms with Gasteiger partial charge in [-0.1, -0.05) is 0 Å². The van der Waals surface area contributed by atoms with Crippen LogP contribution in [0.15, 0.2) is 22.0 Å². The van der Waals surface area contributed by atoms with Gasteiger partial charge >= 0.3 is 5.97 Å². The lowest BCUT2D eigenvalue weighted by Gasteiger charge is -1.98. The second kappa shape index (κ2) is 2.38. The van der Waals surface area contributed by atoms with Crippen molar-refractivity contribution in [2.75, 3.05) is 0 Å². The Bertz CT molecular complexity index is 241. The van der Waals surface area contributed by atoms with Crippen LogP contribution in [-0.4, -0.2) is 17.0 Å². The number of carbonyl (C=O) groups is 2. The number of azo groups is 1. The maximum absolute atomic E-state index is 10.4. The third-order valence-corrected chi connectivity index (χ3v) is 0.999. The van der Waals surface area contributed by atoms with E-state index in [1.165, 1.54) is 0 Å². The van der Waals surface area contributed by atoms with Gasteiger partial charge in [-0.2, -0.15) is 5.11 Å². The van der Waals surface area contributed by atoms with E-state index in [9.17, 15) is 9.59 Å². The molecule has 0 aromatic rings. The highest BCUT2D eigenvalue weighted by atomic mass is 16.4. The molecule has 0 spiro atoms. The Morgan fingerprint density at radius 2 is 2.40 bits per heavy atom. The first kappa shape index (κ1) is 6.60. The number of carboxylic acid groups (broad SMARTS) is 1. The van der Waals surface area contributed by atoms with Crippen LogP contribution < -0.4 is 0 Å². The highest BCUT2D eigenvalue weighted by Gasteiger charge is 2.14. The first-order valence-corrected chi connectivity index (χ1v) is 2.56. The summed E-state index contributed by atoms with van der Waals surface area (Å²) in [7, 11) is 0. The summed E-state index contributed by atoms with van der Waals surface area (Å²) in [5.74, 6) is -1.63. The average molecular weight is 140 g/mol. The van der Waals surface area contributed by atoms with Crippen molar-refractivity contribution in [3.63, 3.8) is 0 Å². The highest BCUT2D eigenvalue weighted by Crippen LogP contribution is 2.08. The van der Waals surface area contributed by atoms with Gasteiger partial charge < -0.3 is 5.11 Å². The molecule has 1 amide bonds. The first-order chi connectivity index (χ1) is 4.70. The zero-order valence-electron chi connectivity index (χ0n) is 4.94. The van der Waals surface area contributed by atoms with Gasteiger partial charge in [-0.15, -0.1) is 5.11 Å². The Morgan fingerprint density at radius 3 is 2.80 bits per heavy atom. The number of hydrogen-bond donors (Lipinski definition) is 1. The number of carbonyl (C=O) groups excluding carboxylic acids is 1. The van der Waals surface area contributed by atoms with Crippen LogP contribution in [0, 0.1) is 0 Å². The number of rotatable bonds is 1. The number of carboxylic acids is 1. The van der Waals surface area contributed by atoms with Crippen molar-refractivity contribution in [1.82, 2.24) is 0 Å². The lowest BCUT2D eigenvalue weighted by molar-refractivity contribution is -0.134. The van der Waals surface area contributed by atoms with E-state index in [2.05, 4.69) is 10.2 Å². The molecule has 0 unspecified atom stereocenters. The van der Waals surface area contributed by atoms with Crippen LogP contribution in [0.5, 0.6) is 0 Å². The van der Waals surface area contributed by atoms with Crippen LogP contribution in [0.25, 0.3) is 0 Å². The molecule has 10 heavy (non-hydrogen) atoms. The van der Waals surface area contributed by atoms with Crippen LogP contribution in [0.4, 0.5) is 0 Å². The van der Waals surface area contributed by atoms with Crippen LogP contribution >= 0.6 is 0 Å². The van der Waals surface area contributed by atoms with Crippen LogP contribution in [-0.2, 0) is 9.59 Å². The molecule has 1 N–H and O–H groups in total. The summed E-state index contributed by atoms with van der Waals surface area (Å²) in [6.07, 6.45) is 0.919. The second-order valence-electron chi connectivity index (χ2n) is 1.75. The number of nitrogens with zero attached hydrogens (tertiary/aromatic N) is 2. The summed E-state index contributed by atoms with van der Waals surface area (Å²) in [5.41, 5.74) is -0.0139. The van der Waals surface area contributed by atoms with E-state index in [1.54, 1.807) is 0 Å². The van der Waals surface area contributed by atoms with Gasteiger partial charge in [-0.05, 0) is 0 Å². The Balaban J connectivity index is 2.80. The summed E-state index contributed by atoms with van der Waals surface area (Å²) in [6, 6.07) is 0. The molecule has 1 aliphatic rings. The van der Waals surface area contributed by atoms with Gasteiger partial charge in [0.2, 0.25) is 0 Å². The third-order valence-electron chi connectivity index (χ3n) is 0.999. The summed E-state index contributed by atoms with van der Waals surface area (Å²) >= 11 is 0. The summed E-state index contributed by atoms with van der Waals surface area (Å²) in [4.78, 5) is 20.6. The quantitative estimate of drug-likeness (QED) is 0.570. The number of amides is 1. The van der Waals surface area contributed by atoms with E-state index in [-0.39, 0.29) is 12.0 Å². The minimum Gasteiger partial charge on any atom is -0.478 e. The minimum absolute atomic E-state index is 0.0139. The fourth-order valence-electron chi connectivity index (χ4n) is 0.538. The van der Waals surface area contributed by atoms with Gasteiger partial charge in [-0.25, -0.2) is 4.79 Å². The van der Waals surface area contributed by atoms with Gasteiger partial charge in [0.15, 0.2) is 0 Å². The van der Waals surface area contributed by atoms with Crippen molar-refractivity contribution in [3.8, 4) is 0 Å². The molecule has 0 aliphatic carbocycles. The smallest absolute Gasteiger partial charge is 0.333 e. The van der Waals surface area contributed by atoms with E-state index in [4.69, 9.17) is 5.11 Å². The molecule has 0 atom stereocenters. The van der Waals surface area contributed by atoms with E-state index in [0.717, 1.165) is 6.20 Å². The molecular weight excluding hydrogens is 136 g/mol. The molecule has 5 heteroatoms. The standard InChI is InChI=1S/C5H4N2O3/c8-4-1-3(5(9)10)2-6-7-4/h2H,1H2,(H,9,10). The zero-order valence-corrected chi connectivity index (χ0v) is 4.94. The zero-order chi connectivity index (χ0) is 7.56. The lowest BCUT2D eigenvalue weighted by Crippen LogP contribution is -2.07. The van der Waals surface area contributed by atoms with Crippen molar-refractivity contribution < 1.29 is 14.7 Å². The molecule has 0 saturated heterocycles. The summed E-state index contributed by atoms with van der Waals surface area (Å²) < 4.78 is 0. The Hall–Kier alpha value is -1.52. The predicted octanol–water partition coefficient (Wildman–Crippen LogP) is 0.337. The van der Waals surface area contributed by atoms with E-state index in [1.807, 2.05) is 0 Å². The van der Waals surface area contributed by atoms with E-state index in [0.29, 0.717) is 0 Å². The van der Waals surface area contributed by atoms with Gasteiger partial charge in [-0.3, -0.25) is 4.79 Å². The third kappa shape index (κ3) is 1.25. The van der Waals surface area contributed by atoms with Crippen LogP contribution in [0.2, 0.25) is 0 Å². The lowest BCUT2D eigenvalue weighted by atomic mass is 10.2. The molecule has 0 radical (unpaired) electrons. The topological polar surface area (TPSA) is 79.1 Å². The van der Waals surface area contributed by atoms with Crippen LogP contribution in [0.3, 0.4) is 0 Å². The average Bonchev–Trinajstić information content (AvgIpc) is 1.88. The van der Waals surface area contributed by atoms with Crippen molar-refractivity contribution >= 4 is 11.9 Å². The number of aliphatic carboxylic acids is 1. The van der Waals surface area contributed by atoms with Gasteiger partial charge in [0.05, 0.1) is 18.2 Å². The molecule has 1 aliphatic heterocycles. The van der Waals surface area contributed by atoms with E-state index >= 15 is 0 Å². The molecule has 1 heterocycles. The van der Waals surface area contributed by atoms with Crippen molar-refractivity contribution in [2.45, 2.75) is 6.42 Å². The van der Waals surface area contributed by atoms with Gasteiger partial charge in [0, 0.05) is 0 Å². The Kier molecular flexibility index (Phi) is 1.57. The molecule has 0 bridgehead atoms. The van der Waals surface area contributed by atoms with E-state index < -0.39 is 11.9 Å². The molecule has 0 aromatic heterocycles. The predicted molar refractivity (Wildman–Crippen MR) is 30.2 cm³/mol. The first-order valence-electron chi connectivity index (χ1n) is 2.56. The van der Waals surface area contributed by atoms with Gasteiger partial charge in [0.25, 0.3) is 5.91 Å². The Morgan fingerprint density at radius 1 is 1.70 bits per heavy atom. The van der Waals surface area contributed by atoms with Crippen molar-refractivity contribution in [2.24, 2.45) is 10.2 Å². The summed E-state index contributed by atoms with van der Waals surface area (Å²) in [5, 5.41) is 14.6. The van der Waals surface area contributed by atoms with Gasteiger partial charge in [0.1, 0.15) is 0 Å². The van der Waals surface area contributed by atoms with Crippen molar-refractivity contribution in [1.29, 1.82) is 0 Å². The maximum atomic E-state index is 10.4. The second-order valence-corrected chi connectivity index (χ2v) is 1.75. The van der Waals surface area contributed by atoms with Crippen LogP contribution in [0.1, 0.15) is 6.42 Å². The Labute approximate surface area is 56.1 Å². The minimum atomic E-state index is -1.12. The number of hydrogen-bond acceptors (Lipinski definition) is 3. The molecule has 1 rings (SSSR count). The maximum Gasteiger partial charge on any atom is 0.333 e. The highest BCUT2D eigenvalue weighted by molar-refractivity contribution is 5.94. The molecule has 5 nitrogen and oxygen atoms in total.